The fourth-order valence-electron chi connectivity index (χ4n) is 1.97. The van der Waals surface area contributed by atoms with Crippen LogP contribution in [0.25, 0.3) is 0 Å². The molecule has 100 valence electrons. The van der Waals surface area contributed by atoms with Crippen molar-refractivity contribution in [3.05, 3.63) is 0 Å². The van der Waals surface area contributed by atoms with Crippen LogP contribution in [0.5, 0.6) is 0 Å². The van der Waals surface area contributed by atoms with Crippen molar-refractivity contribution in [2.75, 3.05) is 13.1 Å². The molecule has 0 aromatic rings. The molecule has 2 atom stereocenters. The van der Waals surface area contributed by atoms with Gasteiger partial charge in [0, 0.05) is 19.1 Å². The van der Waals surface area contributed by atoms with Crippen LogP contribution in [0.15, 0.2) is 0 Å². The summed E-state index contributed by atoms with van der Waals surface area (Å²) in [5.74, 6) is -1.09. The lowest BCUT2D eigenvalue weighted by molar-refractivity contribution is -0.142. The van der Waals surface area contributed by atoms with Gasteiger partial charge in [-0.15, -0.1) is 0 Å². The second-order valence-corrected chi connectivity index (χ2v) is 4.29. The minimum Gasteiger partial charge on any atom is -0.481 e. The second-order valence-electron chi connectivity index (χ2n) is 4.29. The second kappa shape index (κ2) is 8.06. The smallest absolute Gasteiger partial charge is 0.305 e. The molecule has 5 nitrogen and oxygen atoms in total. The van der Waals surface area contributed by atoms with Crippen LogP contribution in [0.1, 0.15) is 40.0 Å². The van der Waals surface area contributed by atoms with E-state index in [1.54, 1.807) is 11.8 Å². The van der Waals surface area contributed by atoms with E-state index in [0.29, 0.717) is 13.1 Å². The maximum atomic E-state index is 12.2. The van der Waals surface area contributed by atoms with Gasteiger partial charge in [0.05, 0.1) is 12.3 Å². The number of carbonyl (C=O) groups excluding carboxylic acids is 1. The molecule has 1 amide bonds. The maximum absolute atomic E-state index is 12.2. The van der Waals surface area contributed by atoms with E-state index < -0.39 is 5.97 Å². The van der Waals surface area contributed by atoms with Gasteiger partial charge in [-0.3, -0.25) is 9.59 Å². The molecule has 3 N–H and O–H groups in total. The Morgan fingerprint density at radius 1 is 1.35 bits per heavy atom. The molecule has 0 aliphatic heterocycles. The molecular weight excluding hydrogens is 220 g/mol. The quantitative estimate of drug-likeness (QED) is 0.669. The van der Waals surface area contributed by atoms with Crippen molar-refractivity contribution < 1.29 is 14.7 Å². The van der Waals surface area contributed by atoms with E-state index in [1.165, 1.54) is 0 Å². The van der Waals surface area contributed by atoms with Crippen molar-refractivity contribution in [2.45, 2.75) is 46.1 Å². The third-order valence-corrected chi connectivity index (χ3v) is 2.90. The van der Waals surface area contributed by atoms with E-state index in [-0.39, 0.29) is 24.3 Å². The van der Waals surface area contributed by atoms with Gasteiger partial charge in [-0.25, -0.2) is 0 Å². The van der Waals surface area contributed by atoms with Crippen LogP contribution in [0.4, 0.5) is 0 Å². The molecule has 0 bridgehead atoms. The molecular formula is C12H24N2O3. The molecule has 0 aromatic carbocycles. The zero-order chi connectivity index (χ0) is 13.4. The molecule has 0 heterocycles. The van der Waals surface area contributed by atoms with Crippen molar-refractivity contribution >= 4 is 11.9 Å². The van der Waals surface area contributed by atoms with Gasteiger partial charge < -0.3 is 15.7 Å². The van der Waals surface area contributed by atoms with E-state index >= 15 is 0 Å². The van der Waals surface area contributed by atoms with E-state index in [9.17, 15) is 9.59 Å². The van der Waals surface area contributed by atoms with Gasteiger partial charge in [-0.2, -0.15) is 0 Å². The lowest BCUT2D eigenvalue weighted by atomic mass is 10.0. The monoisotopic (exact) mass is 244 g/mol. The highest BCUT2D eigenvalue weighted by Gasteiger charge is 2.26. The van der Waals surface area contributed by atoms with Crippen molar-refractivity contribution in [3.8, 4) is 0 Å². The first kappa shape index (κ1) is 15.9. The van der Waals surface area contributed by atoms with Crippen molar-refractivity contribution in [2.24, 2.45) is 11.7 Å². The molecule has 0 saturated heterocycles. The van der Waals surface area contributed by atoms with Gasteiger partial charge in [-0.05, 0) is 20.3 Å². The summed E-state index contributed by atoms with van der Waals surface area (Å²) in [5.41, 5.74) is 5.59. The Morgan fingerprint density at radius 2 is 1.94 bits per heavy atom. The van der Waals surface area contributed by atoms with Crippen LogP contribution < -0.4 is 5.73 Å². The van der Waals surface area contributed by atoms with Crippen LogP contribution in [-0.2, 0) is 9.59 Å². The molecule has 0 saturated carbocycles. The van der Waals surface area contributed by atoms with Crippen molar-refractivity contribution in [3.63, 3.8) is 0 Å². The third kappa shape index (κ3) is 5.17. The lowest BCUT2D eigenvalue weighted by Crippen LogP contribution is -2.44. The normalized spacial score (nSPS) is 14.1. The highest BCUT2D eigenvalue weighted by Crippen LogP contribution is 2.13. The van der Waals surface area contributed by atoms with Crippen LogP contribution in [-0.4, -0.2) is 41.0 Å². The topological polar surface area (TPSA) is 83.6 Å². The number of aliphatic carboxylic acids is 1. The largest absolute Gasteiger partial charge is 0.481 e. The number of rotatable bonds is 8. The van der Waals surface area contributed by atoms with Gasteiger partial charge in [0.15, 0.2) is 0 Å². The average molecular weight is 244 g/mol. The SMILES string of the molecule is CCCC(CN)C(=O)N(CC)C(C)CC(=O)O. The molecule has 5 heteroatoms. The summed E-state index contributed by atoms with van der Waals surface area (Å²) in [5, 5.41) is 8.75. The first-order valence-electron chi connectivity index (χ1n) is 6.20. The third-order valence-electron chi connectivity index (χ3n) is 2.90. The highest BCUT2D eigenvalue weighted by molar-refractivity contribution is 5.80. The summed E-state index contributed by atoms with van der Waals surface area (Å²) in [7, 11) is 0. The van der Waals surface area contributed by atoms with Gasteiger partial charge in [0.25, 0.3) is 0 Å². The number of nitrogens with zero attached hydrogens (tertiary/aromatic N) is 1. The van der Waals surface area contributed by atoms with E-state index in [2.05, 4.69) is 0 Å². The number of carboxylic acids is 1. The summed E-state index contributed by atoms with van der Waals surface area (Å²) >= 11 is 0. The van der Waals surface area contributed by atoms with Gasteiger partial charge in [0.1, 0.15) is 0 Å². The standard InChI is InChI=1S/C12H24N2O3/c1-4-6-10(8-13)12(17)14(5-2)9(3)7-11(15)16/h9-10H,4-8,13H2,1-3H3,(H,15,16). The number of hydrogen-bond donors (Lipinski definition) is 2. The number of amides is 1. The zero-order valence-electron chi connectivity index (χ0n) is 11.0. The predicted molar refractivity (Wildman–Crippen MR) is 66.6 cm³/mol. The van der Waals surface area contributed by atoms with Gasteiger partial charge in [-0.1, -0.05) is 13.3 Å². The molecule has 2 unspecified atom stereocenters. The predicted octanol–water partition coefficient (Wildman–Crippen LogP) is 1.07. The Kier molecular flexibility index (Phi) is 7.54. The Bertz CT molecular complexity index is 256. The molecule has 0 rings (SSSR count). The number of carbonyl (C=O) groups is 2. The average Bonchev–Trinajstić information content (AvgIpc) is 2.25. The molecule has 17 heavy (non-hydrogen) atoms. The first-order valence-corrected chi connectivity index (χ1v) is 6.20. The molecule has 0 spiro atoms. The van der Waals surface area contributed by atoms with Crippen molar-refractivity contribution in [1.29, 1.82) is 0 Å². The summed E-state index contributed by atoms with van der Waals surface area (Å²) < 4.78 is 0. The van der Waals surface area contributed by atoms with E-state index in [4.69, 9.17) is 10.8 Å². The summed E-state index contributed by atoms with van der Waals surface area (Å²) in [6.07, 6.45) is 1.63. The lowest BCUT2D eigenvalue weighted by Gasteiger charge is -2.30. The minimum atomic E-state index is -0.886. The van der Waals surface area contributed by atoms with Gasteiger partial charge in [0.2, 0.25) is 5.91 Å². The van der Waals surface area contributed by atoms with E-state index in [1.807, 2.05) is 13.8 Å². The zero-order valence-corrected chi connectivity index (χ0v) is 11.0. The first-order chi connectivity index (χ1) is 7.97. The van der Waals surface area contributed by atoms with Crippen LogP contribution >= 0.6 is 0 Å². The summed E-state index contributed by atoms with van der Waals surface area (Å²) in [4.78, 5) is 24.4. The molecule has 0 fully saturated rings. The molecule has 0 aliphatic rings. The number of carboxylic acid groups (broad SMARTS) is 1. The fraction of sp³-hybridized carbons (Fsp3) is 0.833. The van der Waals surface area contributed by atoms with Crippen LogP contribution in [0.3, 0.4) is 0 Å². The Labute approximate surface area is 103 Å². The maximum Gasteiger partial charge on any atom is 0.305 e. The summed E-state index contributed by atoms with van der Waals surface area (Å²) in [6.45, 7) is 6.47. The molecule has 0 radical (unpaired) electrons. The fourth-order valence-corrected chi connectivity index (χ4v) is 1.97. The van der Waals surface area contributed by atoms with Crippen LogP contribution in [0.2, 0.25) is 0 Å². The van der Waals surface area contributed by atoms with E-state index in [0.717, 1.165) is 12.8 Å². The van der Waals surface area contributed by atoms with Crippen molar-refractivity contribution in [1.82, 2.24) is 4.90 Å². The van der Waals surface area contributed by atoms with Crippen LogP contribution in [0, 0.1) is 5.92 Å². The molecule has 0 aliphatic carbocycles. The Morgan fingerprint density at radius 3 is 2.29 bits per heavy atom. The summed E-state index contributed by atoms with van der Waals surface area (Å²) in [6, 6.07) is -0.282. The van der Waals surface area contributed by atoms with Gasteiger partial charge >= 0.3 is 5.97 Å². The minimum absolute atomic E-state index is 0.0226. The number of nitrogens with two attached hydrogens (primary N) is 1. The molecule has 0 aromatic heterocycles. The highest BCUT2D eigenvalue weighted by atomic mass is 16.4. The number of hydrogen-bond acceptors (Lipinski definition) is 3. The Hall–Kier alpha value is -1.10. The Balaban J connectivity index is 4.61.